The monoisotopic (exact) mass is 320 g/mol. The van der Waals surface area contributed by atoms with E-state index >= 15 is 0 Å². The van der Waals surface area contributed by atoms with Gasteiger partial charge in [0, 0.05) is 37.9 Å². The van der Waals surface area contributed by atoms with Gasteiger partial charge in [0.25, 0.3) is 0 Å². The van der Waals surface area contributed by atoms with Crippen LogP contribution in [0, 0.1) is 6.92 Å². The number of aryl methyl sites for hydroxylation is 1. The van der Waals surface area contributed by atoms with E-state index in [1.165, 1.54) is 0 Å². The van der Waals surface area contributed by atoms with E-state index in [0.717, 1.165) is 67.9 Å². The van der Waals surface area contributed by atoms with Crippen molar-refractivity contribution in [2.24, 2.45) is 0 Å². The maximum Gasteiger partial charge on any atom is 0.170 e. The van der Waals surface area contributed by atoms with Gasteiger partial charge in [-0.1, -0.05) is 0 Å². The van der Waals surface area contributed by atoms with E-state index in [1.807, 2.05) is 19.1 Å². The first kappa shape index (κ1) is 14.4. The number of thiazole rings is 1. The number of likely N-dealkylation sites (tertiary alicyclic amines) is 1. The summed E-state index contributed by atoms with van der Waals surface area (Å²) in [5.41, 5.74) is 1.11. The molecule has 0 aromatic carbocycles. The predicted octanol–water partition coefficient (Wildman–Crippen LogP) is 3.05. The van der Waals surface area contributed by atoms with Crippen LogP contribution in [-0.4, -0.2) is 42.0 Å². The van der Waals surface area contributed by atoms with Crippen molar-refractivity contribution in [1.82, 2.24) is 9.88 Å². The second-order valence-corrected chi connectivity index (χ2v) is 6.80. The van der Waals surface area contributed by atoms with Crippen molar-refractivity contribution in [3.05, 3.63) is 29.0 Å². The SMILES string of the molecule is Cc1ccc(-c2nc(CN3CCC4(CC3)OCCO4)cs2)o1. The smallest absolute Gasteiger partial charge is 0.170 e. The minimum absolute atomic E-state index is 0.296. The fraction of sp³-hybridized carbons (Fsp3) is 0.562. The van der Waals surface area contributed by atoms with Crippen LogP contribution in [0.5, 0.6) is 0 Å². The first-order valence-corrected chi connectivity index (χ1v) is 8.62. The standard InChI is InChI=1S/C16H20N2O3S/c1-12-2-3-14(21-12)15-17-13(11-22-15)10-18-6-4-16(5-7-18)19-8-9-20-16/h2-3,11H,4-10H2,1H3. The lowest BCUT2D eigenvalue weighted by molar-refractivity contribution is -0.185. The van der Waals surface area contributed by atoms with Crippen LogP contribution in [0.2, 0.25) is 0 Å². The van der Waals surface area contributed by atoms with Gasteiger partial charge in [0.15, 0.2) is 16.6 Å². The fourth-order valence-electron chi connectivity index (χ4n) is 3.11. The number of aromatic nitrogens is 1. The van der Waals surface area contributed by atoms with E-state index in [1.54, 1.807) is 11.3 Å². The van der Waals surface area contributed by atoms with E-state index in [0.29, 0.717) is 0 Å². The molecule has 2 aliphatic heterocycles. The molecule has 0 unspecified atom stereocenters. The number of hydrogen-bond acceptors (Lipinski definition) is 6. The Morgan fingerprint density at radius 3 is 2.68 bits per heavy atom. The summed E-state index contributed by atoms with van der Waals surface area (Å²) in [6.07, 6.45) is 1.89. The molecule has 4 rings (SSSR count). The summed E-state index contributed by atoms with van der Waals surface area (Å²) < 4.78 is 17.2. The second-order valence-electron chi connectivity index (χ2n) is 5.94. The third-order valence-electron chi connectivity index (χ3n) is 4.32. The zero-order chi connectivity index (χ0) is 15.0. The Hall–Kier alpha value is -1.21. The number of piperidine rings is 1. The van der Waals surface area contributed by atoms with Gasteiger partial charge >= 0.3 is 0 Å². The summed E-state index contributed by atoms with van der Waals surface area (Å²) in [6.45, 7) is 6.29. The summed E-state index contributed by atoms with van der Waals surface area (Å²) in [4.78, 5) is 7.12. The van der Waals surface area contributed by atoms with Gasteiger partial charge in [0.2, 0.25) is 0 Å². The molecule has 4 heterocycles. The van der Waals surface area contributed by atoms with Crippen molar-refractivity contribution in [2.75, 3.05) is 26.3 Å². The molecule has 6 heteroatoms. The third kappa shape index (κ3) is 2.84. The minimum atomic E-state index is -0.296. The number of nitrogens with zero attached hydrogens (tertiary/aromatic N) is 2. The maximum absolute atomic E-state index is 5.77. The minimum Gasteiger partial charge on any atom is -0.459 e. The predicted molar refractivity (Wildman–Crippen MR) is 83.7 cm³/mol. The number of hydrogen-bond donors (Lipinski definition) is 0. The van der Waals surface area contributed by atoms with Gasteiger partial charge in [0.05, 0.1) is 18.9 Å². The Labute approximate surface area is 133 Å². The fourth-order valence-corrected chi connectivity index (χ4v) is 3.88. The normalized spacial score (nSPS) is 21.7. The van der Waals surface area contributed by atoms with Crippen LogP contribution in [0.3, 0.4) is 0 Å². The molecule has 118 valence electrons. The zero-order valence-electron chi connectivity index (χ0n) is 12.7. The molecule has 22 heavy (non-hydrogen) atoms. The van der Waals surface area contributed by atoms with Gasteiger partial charge < -0.3 is 13.9 Å². The van der Waals surface area contributed by atoms with Crippen molar-refractivity contribution >= 4 is 11.3 Å². The highest BCUT2D eigenvalue weighted by Gasteiger charge is 2.39. The molecule has 0 radical (unpaired) electrons. The molecule has 0 atom stereocenters. The summed E-state index contributed by atoms with van der Waals surface area (Å²) in [7, 11) is 0. The largest absolute Gasteiger partial charge is 0.459 e. The van der Waals surface area contributed by atoms with Crippen LogP contribution in [-0.2, 0) is 16.0 Å². The molecule has 0 N–H and O–H groups in total. The van der Waals surface area contributed by atoms with E-state index in [-0.39, 0.29) is 5.79 Å². The first-order chi connectivity index (χ1) is 10.7. The molecule has 2 saturated heterocycles. The van der Waals surface area contributed by atoms with Crippen molar-refractivity contribution in [1.29, 1.82) is 0 Å². The van der Waals surface area contributed by atoms with Crippen LogP contribution < -0.4 is 0 Å². The van der Waals surface area contributed by atoms with Gasteiger partial charge in [-0.25, -0.2) is 4.98 Å². The maximum atomic E-state index is 5.77. The van der Waals surface area contributed by atoms with Gasteiger partial charge in [-0.3, -0.25) is 4.90 Å². The Balaban J connectivity index is 1.37. The molecule has 0 aliphatic carbocycles. The van der Waals surface area contributed by atoms with Gasteiger partial charge in [-0.2, -0.15) is 0 Å². The molecular weight excluding hydrogens is 300 g/mol. The van der Waals surface area contributed by atoms with Crippen LogP contribution in [0.15, 0.2) is 21.9 Å². The van der Waals surface area contributed by atoms with Crippen LogP contribution >= 0.6 is 11.3 Å². The average Bonchev–Trinajstić information content (AvgIpc) is 3.23. The van der Waals surface area contributed by atoms with Crippen LogP contribution in [0.4, 0.5) is 0 Å². The summed E-state index contributed by atoms with van der Waals surface area (Å²) in [5, 5.41) is 3.08. The highest BCUT2D eigenvalue weighted by molar-refractivity contribution is 7.13. The molecule has 2 fully saturated rings. The summed E-state index contributed by atoms with van der Waals surface area (Å²) in [6, 6.07) is 3.96. The molecule has 2 aromatic rings. The summed E-state index contributed by atoms with van der Waals surface area (Å²) >= 11 is 1.64. The lowest BCUT2D eigenvalue weighted by atomic mass is 10.0. The first-order valence-electron chi connectivity index (χ1n) is 7.74. The van der Waals surface area contributed by atoms with Crippen molar-refractivity contribution in [3.63, 3.8) is 0 Å². The lowest BCUT2D eigenvalue weighted by Crippen LogP contribution is -2.44. The molecule has 2 aliphatic rings. The summed E-state index contributed by atoms with van der Waals surface area (Å²) in [5.74, 6) is 1.49. The zero-order valence-corrected chi connectivity index (χ0v) is 13.5. The molecule has 1 spiro atoms. The van der Waals surface area contributed by atoms with E-state index in [2.05, 4.69) is 10.3 Å². The van der Waals surface area contributed by atoms with Crippen LogP contribution in [0.1, 0.15) is 24.3 Å². The van der Waals surface area contributed by atoms with Gasteiger partial charge in [0.1, 0.15) is 5.76 Å². The molecule has 5 nitrogen and oxygen atoms in total. The Morgan fingerprint density at radius 1 is 1.23 bits per heavy atom. The second kappa shape index (κ2) is 5.77. The topological polar surface area (TPSA) is 47.7 Å². The van der Waals surface area contributed by atoms with Gasteiger partial charge in [-0.05, 0) is 19.1 Å². The highest BCUT2D eigenvalue weighted by atomic mass is 32.1. The highest BCUT2D eigenvalue weighted by Crippen LogP contribution is 2.32. The number of furan rings is 1. The molecule has 0 bridgehead atoms. The number of ether oxygens (including phenoxy) is 2. The van der Waals surface area contributed by atoms with Crippen molar-refractivity contribution < 1.29 is 13.9 Å². The van der Waals surface area contributed by atoms with E-state index in [4.69, 9.17) is 18.9 Å². The third-order valence-corrected chi connectivity index (χ3v) is 5.23. The lowest BCUT2D eigenvalue weighted by Gasteiger charge is -2.37. The van der Waals surface area contributed by atoms with Crippen molar-refractivity contribution in [2.45, 2.75) is 32.1 Å². The molecule has 2 aromatic heterocycles. The molecule has 0 saturated carbocycles. The Kier molecular flexibility index (Phi) is 3.78. The van der Waals surface area contributed by atoms with Crippen molar-refractivity contribution in [3.8, 4) is 10.8 Å². The number of rotatable bonds is 3. The average molecular weight is 320 g/mol. The molecule has 0 amide bonds. The van der Waals surface area contributed by atoms with Gasteiger partial charge in [-0.15, -0.1) is 11.3 Å². The molecular formula is C16H20N2O3S. The Bertz CT molecular complexity index is 635. The van der Waals surface area contributed by atoms with E-state index < -0.39 is 0 Å². The Morgan fingerprint density at radius 2 is 2.00 bits per heavy atom. The quantitative estimate of drug-likeness (QED) is 0.870. The van der Waals surface area contributed by atoms with E-state index in [9.17, 15) is 0 Å². The van der Waals surface area contributed by atoms with Crippen LogP contribution in [0.25, 0.3) is 10.8 Å².